The number of nitrogens with one attached hydrogen (secondary N) is 1. The minimum absolute atomic E-state index is 0.456. The van der Waals surface area contributed by atoms with E-state index >= 15 is 0 Å². The summed E-state index contributed by atoms with van der Waals surface area (Å²) in [5.41, 5.74) is 3.04. The first kappa shape index (κ1) is 11.5. The third-order valence-corrected chi connectivity index (χ3v) is 3.69. The van der Waals surface area contributed by atoms with Crippen LogP contribution in [0.2, 0.25) is 0 Å². The number of fused-ring (bicyclic) bond motifs is 1. The second-order valence-electron chi connectivity index (χ2n) is 5.14. The number of aromatic nitrogens is 2. The van der Waals surface area contributed by atoms with Gasteiger partial charge in [-0.05, 0) is 30.5 Å². The number of rotatable bonds is 5. The molecule has 0 aliphatic heterocycles. The quantitative estimate of drug-likeness (QED) is 0.869. The number of hydrogen-bond donors (Lipinski definition) is 1. The molecule has 1 aromatic heterocycles. The average molecular weight is 241 g/mol. The summed E-state index contributed by atoms with van der Waals surface area (Å²) in [6.45, 7) is 4.22. The Morgan fingerprint density at radius 3 is 3.06 bits per heavy atom. The highest BCUT2D eigenvalue weighted by atomic mass is 15.3. The van der Waals surface area contributed by atoms with Gasteiger partial charge in [0.25, 0.3) is 0 Å². The molecule has 1 aromatic carbocycles. The van der Waals surface area contributed by atoms with Crippen molar-refractivity contribution in [2.24, 2.45) is 0 Å². The van der Waals surface area contributed by atoms with Crippen molar-refractivity contribution in [1.29, 1.82) is 0 Å². The van der Waals surface area contributed by atoms with E-state index in [1.165, 1.54) is 17.5 Å². The van der Waals surface area contributed by atoms with Crippen LogP contribution in [-0.2, 0) is 13.0 Å². The Morgan fingerprint density at radius 1 is 1.39 bits per heavy atom. The lowest BCUT2D eigenvalue weighted by atomic mass is 9.77. The lowest BCUT2D eigenvalue weighted by Crippen LogP contribution is -2.36. The van der Waals surface area contributed by atoms with Crippen LogP contribution in [0, 0.1) is 0 Å². The van der Waals surface area contributed by atoms with E-state index in [9.17, 15) is 0 Å². The minimum Gasteiger partial charge on any atom is -0.312 e. The summed E-state index contributed by atoms with van der Waals surface area (Å²) < 4.78 is 1.98. The van der Waals surface area contributed by atoms with E-state index in [2.05, 4.69) is 41.6 Å². The van der Waals surface area contributed by atoms with Crippen molar-refractivity contribution >= 4 is 0 Å². The van der Waals surface area contributed by atoms with Gasteiger partial charge in [-0.25, -0.2) is 0 Å². The van der Waals surface area contributed by atoms with E-state index in [1.54, 1.807) is 0 Å². The molecular weight excluding hydrogens is 222 g/mol. The molecule has 0 bridgehead atoms. The van der Waals surface area contributed by atoms with E-state index in [-0.39, 0.29) is 0 Å². The summed E-state index contributed by atoms with van der Waals surface area (Å²) in [7, 11) is 0. The third-order valence-electron chi connectivity index (χ3n) is 3.69. The molecule has 3 heteroatoms. The summed E-state index contributed by atoms with van der Waals surface area (Å²) in [6.07, 6.45) is 5.06. The standard InChI is InChI=1S/C15H19N3/c1-12(11-18-8-4-7-17-18)16-10-14-9-13-5-2-3-6-15(13)14/h2-8,12,14,16H,9-11H2,1H3. The normalized spacial score (nSPS) is 19.1. The molecule has 1 aliphatic rings. The van der Waals surface area contributed by atoms with E-state index in [0.717, 1.165) is 13.1 Å². The van der Waals surface area contributed by atoms with Gasteiger partial charge in [-0.1, -0.05) is 24.3 Å². The zero-order chi connectivity index (χ0) is 12.4. The smallest absolute Gasteiger partial charge is 0.0559 e. The molecule has 2 aromatic rings. The van der Waals surface area contributed by atoms with Crippen LogP contribution >= 0.6 is 0 Å². The summed E-state index contributed by atoms with van der Waals surface area (Å²) in [5.74, 6) is 0.696. The summed E-state index contributed by atoms with van der Waals surface area (Å²) in [6, 6.07) is 11.2. The largest absolute Gasteiger partial charge is 0.312 e. The van der Waals surface area contributed by atoms with Crippen LogP contribution in [0.5, 0.6) is 0 Å². The number of benzene rings is 1. The number of nitrogens with zero attached hydrogens (tertiary/aromatic N) is 2. The van der Waals surface area contributed by atoms with Crippen LogP contribution in [0.4, 0.5) is 0 Å². The van der Waals surface area contributed by atoms with E-state index in [0.29, 0.717) is 12.0 Å². The third kappa shape index (κ3) is 2.31. The maximum Gasteiger partial charge on any atom is 0.0559 e. The van der Waals surface area contributed by atoms with Crippen molar-refractivity contribution in [2.45, 2.75) is 31.8 Å². The molecule has 1 heterocycles. The molecular formula is C15H19N3. The van der Waals surface area contributed by atoms with Crippen LogP contribution in [-0.4, -0.2) is 22.4 Å². The fraction of sp³-hybridized carbons (Fsp3) is 0.400. The highest BCUT2D eigenvalue weighted by Gasteiger charge is 2.25. The Hall–Kier alpha value is -1.61. The monoisotopic (exact) mass is 241 g/mol. The maximum absolute atomic E-state index is 4.23. The zero-order valence-corrected chi connectivity index (χ0v) is 10.7. The van der Waals surface area contributed by atoms with Crippen molar-refractivity contribution in [1.82, 2.24) is 15.1 Å². The minimum atomic E-state index is 0.456. The van der Waals surface area contributed by atoms with Gasteiger partial charge in [-0.2, -0.15) is 5.10 Å². The molecule has 2 unspecified atom stereocenters. The van der Waals surface area contributed by atoms with Crippen LogP contribution in [0.3, 0.4) is 0 Å². The fourth-order valence-corrected chi connectivity index (χ4v) is 2.64. The Kier molecular flexibility index (Phi) is 3.15. The van der Waals surface area contributed by atoms with Crippen molar-refractivity contribution in [3.05, 3.63) is 53.9 Å². The predicted molar refractivity (Wildman–Crippen MR) is 72.6 cm³/mol. The summed E-state index contributed by atoms with van der Waals surface area (Å²) in [4.78, 5) is 0. The molecule has 1 N–H and O–H groups in total. The van der Waals surface area contributed by atoms with Crippen LogP contribution in [0.15, 0.2) is 42.7 Å². The fourth-order valence-electron chi connectivity index (χ4n) is 2.64. The zero-order valence-electron chi connectivity index (χ0n) is 10.7. The van der Waals surface area contributed by atoms with Crippen molar-refractivity contribution in [2.75, 3.05) is 6.54 Å². The SMILES string of the molecule is CC(Cn1cccn1)NCC1Cc2ccccc21. The average Bonchev–Trinajstić information content (AvgIpc) is 2.83. The lowest BCUT2D eigenvalue weighted by molar-refractivity contribution is 0.422. The van der Waals surface area contributed by atoms with Crippen molar-refractivity contribution in [3.8, 4) is 0 Å². The Labute approximate surface area is 108 Å². The highest BCUT2D eigenvalue weighted by Crippen LogP contribution is 2.34. The second-order valence-corrected chi connectivity index (χ2v) is 5.14. The Morgan fingerprint density at radius 2 is 2.28 bits per heavy atom. The molecule has 3 rings (SSSR count). The van der Waals surface area contributed by atoms with Crippen LogP contribution in [0.25, 0.3) is 0 Å². The van der Waals surface area contributed by atoms with Gasteiger partial charge >= 0.3 is 0 Å². The van der Waals surface area contributed by atoms with E-state index < -0.39 is 0 Å². The van der Waals surface area contributed by atoms with Crippen LogP contribution in [0.1, 0.15) is 24.0 Å². The molecule has 0 amide bonds. The van der Waals surface area contributed by atoms with Gasteiger partial charge in [0, 0.05) is 30.9 Å². The van der Waals surface area contributed by atoms with Crippen molar-refractivity contribution in [3.63, 3.8) is 0 Å². The summed E-state index contributed by atoms with van der Waals surface area (Å²) in [5, 5.41) is 7.83. The Balaban J connectivity index is 1.48. The molecule has 18 heavy (non-hydrogen) atoms. The Bertz CT molecular complexity index is 504. The molecule has 0 fully saturated rings. The van der Waals surface area contributed by atoms with Gasteiger partial charge in [-0.15, -0.1) is 0 Å². The van der Waals surface area contributed by atoms with Gasteiger partial charge in [0.1, 0.15) is 0 Å². The first-order valence-electron chi connectivity index (χ1n) is 6.61. The highest BCUT2D eigenvalue weighted by molar-refractivity contribution is 5.40. The first-order chi connectivity index (χ1) is 8.83. The van der Waals surface area contributed by atoms with Gasteiger partial charge in [0.2, 0.25) is 0 Å². The van der Waals surface area contributed by atoms with Gasteiger partial charge in [0.05, 0.1) is 6.54 Å². The maximum atomic E-state index is 4.23. The molecule has 94 valence electrons. The van der Waals surface area contributed by atoms with Gasteiger partial charge in [-0.3, -0.25) is 4.68 Å². The van der Waals surface area contributed by atoms with Crippen molar-refractivity contribution < 1.29 is 0 Å². The van der Waals surface area contributed by atoms with E-state index in [4.69, 9.17) is 0 Å². The first-order valence-corrected chi connectivity index (χ1v) is 6.61. The molecule has 0 spiro atoms. The molecule has 0 saturated carbocycles. The van der Waals surface area contributed by atoms with Crippen LogP contribution < -0.4 is 5.32 Å². The molecule has 0 radical (unpaired) electrons. The molecule has 0 saturated heterocycles. The second kappa shape index (κ2) is 4.94. The van der Waals surface area contributed by atoms with Gasteiger partial charge < -0.3 is 5.32 Å². The van der Waals surface area contributed by atoms with Gasteiger partial charge in [0.15, 0.2) is 0 Å². The van der Waals surface area contributed by atoms with E-state index in [1.807, 2.05) is 23.1 Å². The predicted octanol–water partition coefficient (Wildman–Crippen LogP) is 2.20. The molecule has 1 aliphatic carbocycles. The molecule has 2 atom stereocenters. The lowest BCUT2D eigenvalue weighted by Gasteiger charge is -2.31. The summed E-state index contributed by atoms with van der Waals surface area (Å²) >= 11 is 0. The molecule has 3 nitrogen and oxygen atoms in total. The topological polar surface area (TPSA) is 29.9 Å². The number of hydrogen-bond acceptors (Lipinski definition) is 2.